The molecule has 0 radical (unpaired) electrons. The van der Waals surface area contributed by atoms with Crippen LogP contribution in [0.5, 0.6) is 0 Å². The molecule has 0 aromatic heterocycles. The first-order valence-electron chi connectivity index (χ1n) is 8.04. The van der Waals surface area contributed by atoms with E-state index in [9.17, 15) is 19.2 Å². The Kier molecular flexibility index (Phi) is 9.98. The Hall–Kier alpha value is -3.88. The lowest BCUT2D eigenvalue weighted by Gasteiger charge is -2.11. The van der Waals surface area contributed by atoms with Gasteiger partial charge in [-0.05, 0) is 18.2 Å². The van der Waals surface area contributed by atoms with Gasteiger partial charge in [0, 0.05) is 6.08 Å². The summed E-state index contributed by atoms with van der Waals surface area (Å²) in [6.07, 6.45) is 1.99. The van der Waals surface area contributed by atoms with E-state index in [1.165, 1.54) is 0 Å². The quantitative estimate of drug-likeness (QED) is 0.0798. The van der Waals surface area contributed by atoms with E-state index in [1.807, 2.05) is 0 Å². The normalized spacial score (nSPS) is 9.52. The maximum absolute atomic E-state index is 12.3. The molecule has 0 bridgehead atoms. The van der Waals surface area contributed by atoms with Crippen LogP contribution in [-0.4, -0.2) is 55.4 Å². The monoisotopic (exact) mass is 406 g/mol. The van der Waals surface area contributed by atoms with Crippen LogP contribution < -0.4 is 0 Å². The van der Waals surface area contributed by atoms with Gasteiger partial charge in [-0.2, -0.15) is 4.89 Å². The molecule has 0 saturated heterocycles. The zero-order chi connectivity index (χ0) is 21.6. The predicted octanol–water partition coefficient (Wildman–Crippen LogP) is 1.67. The van der Waals surface area contributed by atoms with Crippen LogP contribution in [0.25, 0.3) is 0 Å². The molecule has 0 unspecified atom stereocenters. The van der Waals surface area contributed by atoms with Crippen molar-refractivity contribution in [1.29, 1.82) is 0 Å². The summed E-state index contributed by atoms with van der Waals surface area (Å²) in [5, 5.41) is 9.09. The molecule has 0 saturated carbocycles. The van der Waals surface area contributed by atoms with E-state index in [0.717, 1.165) is 30.5 Å². The van der Waals surface area contributed by atoms with Crippen LogP contribution >= 0.6 is 0 Å². The number of benzene rings is 1. The molecule has 1 rings (SSSR count). The lowest BCUT2D eigenvalue weighted by Crippen LogP contribution is -2.18. The highest BCUT2D eigenvalue weighted by Gasteiger charge is 2.22. The molecule has 1 aromatic rings. The highest BCUT2D eigenvalue weighted by molar-refractivity contribution is 6.05. The highest BCUT2D eigenvalue weighted by Crippen LogP contribution is 2.15. The average Bonchev–Trinajstić information content (AvgIpc) is 2.72. The number of rotatable bonds is 12. The molecule has 0 aliphatic heterocycles. The van der Waals surface area contributed by atoms with Crippen molar-refractivity contribution in [1.82, 2.24) is 0 Å². The first-order chi connectivity index (χ1) is 13.9. The SMILES string of the molecule is C=C=COOCCOC(=O)c1ccc(C(=O)O)cc1C(=O)OCCOC(=O)C=C. The summed E-state index contributed by atoms with van der Waals surface area (Å²) in [7, 11) is 0. The minimum atomic E-state index is -1.31. The highest BCUT2D eigenvalue weighted by atomic mass is 17.2. The van der Waals surface area contributed by atoms with Gasteiger partial charge in [-0.15, -0.1) is 0 Å². The van der Waals surface area contributed by atoms with Crippen LogP contribution in [0.4, 0.5) is 0 Å². The van der Waals surface area contributed by atoms with Crippen molar-refractivity contribution >= 4 is 23.9 Å². The summed E-state index contributed by atoms with van der Waals surface area (Å²) in [6.45, 7) is 5.57. The number of carbonyl (C=O) groups excluding carboxylic acids is 3. The number of hydrogen-bond donors (Lipinski definition) is 1. The molecule has 1 aromatic carbocycles. The Morgan fingerprint density at radius 3 is 2.21 bits per heavy atom. The summed E-state index contributed by atoms with van der Waals surface area (Å²) in [4.78, 5) is 55.7. The molecule has 0 spiro atoms. The van der Waals surface area contributed by atoms with Crippen molar-refractivity contribution in [2.75, 3.05) is 26.4 Å². The molecular weight excluding hydrogens is 388 g/mol. The molecule has 0 fully saturated rings. The van der Waals surface area contributed by atoms with Crippen molar-refractivity contribution in [2.45, 2.75) is 0 Å². The second kappa shape index (κ2) is 12.5. The summed E-state index contributed by atoms with van der Waals surface area (Å²) in [6, 6.07) is 3.24. The third-order valence-corrected chi connectivity index (χ3v) is 3.03. The van der Waals surface area contributed by atoms with E-state index in [0.29, 0.717) is 0 Å². The Morgan fingerprint density at radius 1 is 0.966 bits per heavy atom. The van der Waals surface area contributed by atoms with Crippen LogP contribution in [0.2, 0.25) is 0 Å². The fourth-order valence-corrected chi connectivity index (χ4v) is 1.80. The first-order valence-corrected chi connectivity index (χ1v) is 8.04. The number of carboxylic acid groups (broad SMARTS) is 1. The van der Waals surface area contributed by atoms with Gasteiger partial charge >= 0.3 is 23.9 Å². The van der Waals surface area contributed by atoms with Crippen molar-refractivity contribution < 1.29 is 48.3 Å². The van der Waals surface area contributed by atoms with Crippen LogP contribution in [0.15, 0.2) is 49.4 Å². The van der Waals surface area contributed by atoms with Crippen LogP contribution in [0.3, 0.4) is 0 Å². The van der Waals surface area contributed by atoms with Gasteiger partial charge in [0.25, 0.3) is 0 Å². The fourth-order valence-electron chi connectivity index (χ4n) is 1.80. The average molecular weight is 406 g/mol. The van der Waals surface area contributed by atoms with Crippen LogP contribution in [0.1, 0.15) is 31.1 Å². The Bertz CT molecular complexity index is 820. The number of carboxylic acids is 1. The Morgan fingerprint density at radius 2 is 1.59 bits per heavy atom. The van der Waals surface area contributed by atoms with Gasteiger partial charge in [0.05, 0.1) is 16.7 Å². The molecule has 0 heterocycles. The number of ether oxygens (including phenoxy) is 3. The zero-order valence-corrected chi connectivity index (χ0v) is 15.3. The Labute approximate surface area is 165 Å². The molecular formula is C19H18O10. The zero-order valence-electron chi connectivity index (χ0n) is 15.3. The van der Waals surface area contributed by atoms with Crippen molar-refractivity contribution in [2.24, 2.45) is 0 Å². The van der Waals surface area contributed by atoms with Gasteiger partial charge in [-0.3, -0.25) is 0 Å². The van der Waals surface area contributed by atoms with Crippen molar-refractivity contribution in [3.8, 4) is 0 Å². The standard InChI is InChI=1S/C19H18O10/c1-3-7-28-29-11-10-27-18(23)14-6-5-13(17(21)22)12-15(14)19(24)26-9-8-25-16(20)4-2/h4-7,12H,1-2,8-11H2,(H,21,22). The third-order valence-electron chi connectivity index (χ3n) is 3.03. The number of aromatic carboxylic acids is 1. The van der Waals surface area contributed by atoms with E-state index in [-0.39, 0.29) is 43.1 Å². The maximum Gasteiger partial charge on any atom is 0.339 e. The molecule has 0 aliphatic rings. The van der Waals surface area contributed by atoms with Gasteiger partial charge in [0.2, 0.25) is 0 Å². The minimum absolute atomic E-state index is 0.119. The van der Waals surface area contributed by atoms with E-state index in [1.54, 1.807) is 0 Å². The molecule has 0 aliphatic carbocycles. The molecule has 0 atom stereocenters. The van der Waals surface area contributed by atoms with E-state index in [4.69, 9.17) is 14.6 Å². The fraction of sp³-hybridized carbons (Fsp3) is 0.211. The van der Waals surface area contributed by atoms with Gasteiger partial charge in [-0.25, -0.2) is 19.2 Å². The molecule has 10 nitrogen and oxygen atoms in total. The predicted molar refractivity (Wildman–Crippen MR) is 95.9 cm³/mol. The van der Waals surface area contributed by atoms with Crippen molar-refractivity contribution in [3.63, 3.8) is 0 Å². The number of esters is 3. The third kappa shape index (κ3) is 8.12. The van der Waals surface area contributed by atoms with E-state index in [2.05, 4.69) is 33.4 Å². The number of hydrogen-bond acceptors (Lipinski definition) is 9. The summed E-state index contributed by atoms with van der Waals surface area (Å²) >= 11 is 0. The maximum atomic E-state index is 12.3. The lowest BCUT2D eigenvalue weighted by atomic mass is 10.0. The van der Waals surface area contributed by atoms with Crippen LogP contribution in [-0.2, 0) is 28.8 Å². The molecule has 29 heavy (non-hydrogen) atoms. The summed E-state index contributed by atoms with van der Waals surface area (Å²) in [5.74, 6) is -3.91. The first kappa shape index (κ1) is 23.2. The molecule has 0 amide bonds. The topological polar surface area (TPSA) is 135 Å². The molecule has 1 N–H and O–H groups in total. The smallest absolute Gasteiger partial charge is 0.339 e. The molecule has 10 heteroatoms. The molecule has 154 valence electrons. The lowest BCUT2D eigenvalue weighted by molar-refractivity contribution is -0.252. The second-order valence-electron chi connectivity index (χ2n) is 4.95. The van der Waals surface area contributed by atoms with Gasteiger partial charge in [0.15, 0.2) is 6.26 Å². The summed E-state index contributed by atoms with van der Waals surface area (Å²) in [5.41, 5.74) is 1.52. The van der Waals surface area contributed by atoms with E-state index < -0.39 is 23.9 Å². The number of carbonyl (C=O) groups is 4. The van der Waals surface area contributed by atoms with Gasteiger partial charge in [-0.1, -0.05) is 18.9 Å². The van der Waals surface area contributed by atoms with E-state index >= 15 is 0 Å². The Balaban J connectivity index is 2.80. The van der Waals surface area contributed by atoms with Gasteiger partial charge < -0.3 is 24.2 Å². The largest absolute Gasteiger partial charge is 0.478 e. The second-order valence-corrected chi connectivity index (χ2v) is 4.95. The van der Waals surface area contributed by atoms with Crippen LogP contribution in [0, 0.1) is 0 Å². The summed E-state index contributed by atoms with van der Waals surface area (Å²) < 4.78 is 14.5. The van der Waals surface area contributed by atoms with Crippen molar-refractivity contribution in [3.05, 3.63) is 66.1 Å². The van der Waals surface area contributed by atoms with Gasteiger partial charge in [0.1, 0.15) is 26.4 Å². The minimum Gasteiger partial charge on any atom is -0.478 e.